The molecule has 5 heterocycles. The smallest absolute Gasteiger partial charge is 0.255 e. The van der Waals surface area contributed by atoms with Gasteiger partial charge in [-0.2, -0.15) is 0 Å². The molecular formula is C23H27N5O3. The predicted molar refractivity (Wildman–Crippen MR) is 113 cm³/mol. The normalized spacial score (nSPS) is 20.5. The van der Waals surface area contributed by atoms with Gasteiger partial charge >= 0.3 is 0 Å². The van der Waals surface area contributed by atoms with E-state index in [1.54, 1.807) is 6.20 Å². The van der Waals surface area contributed by atoms with Gasteiger partial charge in [0.15, 0.2) is 11.5 Å². The van der Waals surface area contributed by atoms with Crippen LogP contribution in [0, 0.1) is 0 Å². The molecule has 0 spiro atoms. The molecule has 162 valence electrons. The number of rotatable bonds is 3. The summed E-state index contributed by atoms with van der Waals surface area (Å²) in [5.41, 5.74) is 3.14. The van der Waals surface area contributed by atoms with Gasteiger partial charge in [0, 0.05) is 44.3 Å². The zero-order valence-electron chi connectivity index (χ0n) is 17.6. The van der Waals surface area contributed by atoms with Crippen molar-refractivity contribution in [2.24, 2.45) is 0 Å². The molecule has 0 radical (unpaired) electrons. The van der Waals surface area contributed by atoms with Gasteiger partial charge in [0.2, 0.25) is 0 Å². The number of oxazole rings is 1. The van der Waals surface area contributed by atoms with Gasteiger partial charge < -0.3 is 18.6 Å². The van der Waals surface area contributed by atoms with E-state index < -0.39 is 0 Å². The van der Waals surface area contributed by atoms with Crippen molar-refractivity contribution in [3.8, 4) is 0 Å². The van der Waals surface area contributed by atoms with Crippen LogP contribution < -0.4 is 0 Å². The lowest BCUT2D eigenvalue weighted by Crippen LogP contribution is -2.35. The van der Waals surface area contributed by atoms with Crippen LogP contribution in [-0.4, -0.2) is 50.1 Å². The number of hydrogen-bond donors (Lipinski definition) is 0. The molecule has 8 heteroatoms. The van der Waals surface area contributed by atoms with E-state index in [-0.39, 0.29) is 5.91 Å². The van der Waals surface area contributed by atoms with Crippen LogP contribution in [0.3, 0.4) is 0 Å². The minimum absolute atomic E-state index is 0.0221. The third-order valence-corrected chi connectivity index (χ3v) is 6.98. The van der Waals surface area contributed by atoms with E-state index in [1.165, 1.54) is 25.7 Å². The van der Waals surface area contributed by atoms with E-state index >= 15 is 0 Å². The molecule has 3 aliphatic rings. The number of imidazole rings is 1. The van der Waals surface area contributed by atoms with Gasteiger partial charge in [0.05, 0.1) is 18.4 Å². The first kappa shape index (κ1) is 19.0. The van der Waals surface area contributed by atoms with Crippen LogP contribution in [0.5, 0.6) is 0 Å². The Labute approximate surface area is 180 Å². The van der Waals surface area contributed by atoms with Crippen LogP contribution in [-0.2, 0) is 17.7 Å². The van der Waals surface area contributed by atoms with E-state index in [4.69, 9.17) is 14.1 Å². The number of hydrogen-bond acceptors (Lipinski definition) is 6. The van der Waals surface area contributed by atoms with Crippen LogP contribution >= 0.6 is 0 Å². The van der Waals surface area contributed by atoms with Crippen molar-refractivity contribution in [1.82, 2.24) is 24.4 Å². The summed E-state index contributed by atoms with van der Waals surface area (Å²) in [4.78, 5) is 28.9. The molecule has 3 aromatic rings. The first-order valence-corrected chi connectivity index (χ1v) is 11.4. The molecule has 2 aliphatic heterocycles. The standard InChI is InChI=1S/C23H27N5O3/c29-23(16-11-18-21(24-12-16)28(14-25-18)17-3-1-2-4-17)27-8-5-20-19(13-27)26-22(31-20)15-6-9-30-10-7-15/h11-12,14-15,17H,1-10,13H2. The first-order valence-electron chi connectivity index (χ1n) is 11.4. The number of fused-ring (bicyclic) bond motifs is 2. The molecule has 0 N–H and O–H groups in total. The van der Waals surface area contributed by atoms with E-state index in [1.807, 2.05) is 17.3 Å². The fourth-order valence-corrected chi connectivity index (χ4v) is 5.18. The highest BCUT2D eigenvalue weighted by atomic mass is 16.5. The van der Waals surface area contributed by atoms with Gasteiger partial charge in [-0.25, -0.2) is 15.0 Å². The SMILES string of the molecule is O=C(c1cnc2c(c1)ncn2C1CCCC1)N1CCc2oc(C3CCOCC3)nc2C1. The average Bonchev–Trinajstić information content (AvgIpc) is 3.57. The van der Waals surface area contributed by atoms with Crippen LogP contribution in [0.15, 0.2) is 23.0 Å². The van der Waals surface area contributed by atoms with Crippen molar-refractivity contribution in [1.29, 1.82) is 0 Å². The second-order valence-corrected chi connectivity index (χ2v) is 8.94. The minimum atomic E-state index is -0.0221. The van der Waals surface area contributed by atoms with Crippen LogP contribution in [0.1, 0.15) is 78.2 Å². The summed E-state index contributed by atoms with van der Waals surface area (Å²) in [6.07, 6.45) is 11.0. The Morgan fingerprint density at radius 3 is 2.77 bits per heavy atom. The van der Waals surface area contributed by atoms with E-state index in [9.17, 15) is 4.79 Å². The van der Waals surface area contributed by atoms with E-state index in [2.05, 4.69) is 14.5 Å². The number of ether oxygens (including phenoxy) is 1. The Morgan fingerprint density at radius 2 is 1.94 bits per heavy atom. The van der Waals surface area contributed by atoms with Gasteiger partial charge in [-0.3, -0.25) is 4.79 Å². The molecule has 6 rings (SSSR count). The van der Waals surface area contributed by atoms with E-state index in [0.29, 0.717) is 37.0 Å². The highest BCUT2D eigenvalue weighted by molar-refractivity contribution is 5.96. The first-order chi connectivity index (χ1) is 15.3. The third-order valence-electron chi connectivity index (χ3n) is 6.98. The lowest BCUT2D eigenvalue weighted by molar-refractivity contribution is 0.0725. The van der Waals surface area contributed by atoms with Gasteiger partial charge in [0.1, 0.15) is 17.0 Å². The molecule has 0 atom stereocenters. The molecule has 8 nitrogen and oxygen atoms in total. The summed E-state index contributed by atoms with van der Waals surface area (Å²) >= 11 is 0. The molecule has 0 unspecified atom stereocenters. The maximum Gasteiger partial charge on any atom is 0.255 e. The molecule has 0 aromatic carbocycles. The fourth-order valence-electron chi connectivity index (χ4n) is 5.18. The molecule has 1 amide bonds. The lowest BCUT2D eigenvalue weighted by atomic mass is 10.0. The molecule has 31 heavy (non-hydrogen) atoms. The highest BCUT2D eigenvalue weighted by Crippen LogP contribution is 2.32. The van der Waals surface area contributed by atoms with E-state index in [0.717, 1.165) is 54.6 Å². The number of nitrogens with zero attached hydrogens (tertiary/aromatic N) is 5. The lowest BCUT2D eigenvalue weighted by Gasteiger charge is -2.25. The Bertz CT molecular complexity index is 1110. The Balaban J connectivity index is 1.20. The summed E-state index contributed by atoms with van der Waals surface area (Å²) in [6.45, 7) is 2.63. The molecule has 0 bridgehead atoms. The molecule has 1 saturated heterocycles. The van der Waals surface area contributed by atoms with Crippen molar-refractivity contribution in [3.63, 3.8) is 0 Å². The van der Waals surface area contributed by atoms with Gasteiger partial charge in [-0.1, -0.05) is 12.8 Å². The number of amides is 1. The molecule has 3 aromatic heterocycles. The summed E-state index contributed by atoms with van der Waals surface area (Å²) in [6, 6.07) is 2.36. The fraction of sp³-hybridized carbons (Fsp3) is 0.565. The zero-order valence-corrected chi connectivity index (χ0v) is 17.6. The largest absolute Gasteiger partial charge is 0.445 e. The monoisotopic (exact) mass is 421 g/mol. The quantitative estimate of drug-likeness (QED) is 0.642. The maximum absolute atomic E-state index is 13.2. The summed E-state index contributed by atoms with van der Waals surface area (Å²) in [5, 5.41) is 0. The Hall–Kier alpha value is -2.74. The zero-order chi connectivity index (χ0) is 20.8. The second-order valence-electron chi connectivity index (χ2n) is 8.94. The maximum atomic E-state index is 13.2. The number of pyridine rings is 1. The highest BCUT2D eigenvalue weighted by Gasteiger charge is 2.29. The Kier molecular flexibility index (Phi) is 4.74. The second kappa shape index (κ2) is 7.75. The van der Waals surface area contributed by atoms with Gasteiger partial charge in [0.25, 0.3) is 5.91 Å². The summed E-state index contributed by atoms with van der Waals surface area (Å²) in [5.74, 6) is 2.04. The summed E-state index contributed by atoms with van der Waals surface area (Å²) < 4.78 is 13.7. The summed E-state index contributed by atoms with van der Waals surface area (Å²) in [7, 11) is 0. The Morgan fingerprint density at radius 1 is 1.10 bits per heavy atom. The topological polar surface area (TPSA) is 86.3 Å². The van der Waals surface area contributed by atoms with Gasteiger partial charge in [-0.05, 0) is 31.7 Å². The van der Waals surface area contributed by atoms with Crippen LogP contribution in [0.2, 0.25) is 0 Å². The third kappa shape index (κ3) is 3.43. The van der Waals surface area contributed by atoms with Crippen LogP contribution in [0.4, 0.5) is 0 Å². The van der Waals surface area contributed by atoms with Crippen molar-refractivity contribution in [2.45, 2.75) is 63.5 Å². The number of carbonyl (C=O) groups is 1. The van der Waals surface area contributed by atoms with Crippen molar-refractivity contribution >= 4 is 17.1 Å². The van der Waals surface area contributed by atoms with Gasteiger partial charge in [-0.15, -0.1) is 0 Å². The average molecular weight is 422 g/mol. The predicted octanol–water partition coefficient (Wildman–Crippen LogP) is 3.63. The number of carbonyl (C=O) groups excluding carboxylic acids is 1. The molecule has 1 aliphatic carbocycles. The molecule has 1 saturated carbocycles. The number of aromatic nitrogens is 4. The van der Waals surface area contributed by atoms with Crippen molar-refractivity contribution in [2.75, 3.05) is 19.8 Å². The van der Waals surface area contributed by atoms with Crippen molar-refractivity contribution < 1.29 is 13.9 Å². The molecular weight excluding hydrogens is 394 g/mol. The minimum Gasteiger partial charge on any atom is -0.445 e. The van der Waals surface area contributed by atoms with Crippen LogP contribution in [0.25, 0.3) is 11.2 Å². The molecule has 2 fully saturated rings. The van der Waals surface area contributed by atoms with Crippen molar-refractivity contribution in [3.05, 3.63) is 41.5 Å².